The highest BCUT2D eigenvalue weighted by molar-refractivity contribution is 7.22. The minimum absolute atomic E-state index is 0.0914. The number of carbonyl (C=O) groups excluding carboxylic acids is 2. The number of aryl methyl sites for hydroxylation is 3. The number of carbonyl (C=O) groups is 2. The molecule has 52 heavy (non-hydrogen) atoms. The molecule has 0 saturated heterocycles. The lowest BCUT2D eigenvalue weighted by Gasteiger charge is -2.08. The number of fused-ring (bicyclic) bond motifs is 2. The summed E-state index contributed by atoms with van der Waals surface area (Å²) in [4.78, 5) is 34.1. The Bertz CT molecular complexity index is 2380. The third-order valence-corrected chi connectivity index (χ3v) is 10.6. The van der Waals surface area contributed by atoms with Crippen molar-refractivity contribution in [3.63, 3.8) is 0 Å². The summed E-state index contributed by atoms with van der Waals surface area (Å²) in [6.07, 6.45) is 0. The number of aromatic hydroxyl groups is 1. The van der Waals surface area contributed by atoms with Gasteiger partial charge < -0.3 is 15.7 Å². The molecule has 256 valence electrons. The van der Waals surface area contributed by atoms with Gasteiger partial charge in [0.05, 0.1) is 20.4 Å². The Morgan fingerprint density at radius 3 is 1.46 bits per heavy atom. The fourth-order valence-corrected chi connectivity index (χ4v) is 7.71. The van der Waals surface area contributed by atoms with Gasteiger partial charge >= 0.3 is 0 Å². The average Bonchev–Trinajstić information content (AvgIpc) is 3.77. The fourth-order valence-electron chi connectivity index (χ4n) is 5.64. The molecule has 7 nitrogen and oxygen atoms in total. The minimum atomic E-state index is -0.119. The van der Waals surface area contributed by atoms with E-state index >= 15 is 0 Å². The second-order valence-corrected chi connectivity index (χ2v) is 14.4. The Morgan fingerprint density at radius 1 is 0.538 bits per heavy atom. The molecule has 6 aromatic carbocycles. The maximum Gasteiger partial charge on any atom is 0.255 e. The first-order chi connectivity index (χ1) is 25.2. The molecular formula is C43H34N4O3S2. The summed E-state index contributed by atoms with van der Waals surface area (Å²) in [7, 11) is 0. The zero-order valence-electron chi connectivity index (χ0n) is 28.7. The standard InChI is InChI=1S/C22H18N2OS.C21H16N2O2S/c1-14-7-12-19-20(13-14)26-22(24-19)16-8-10-17(11-9-16)23-21(25)18-6-4-3-5-15(18)2;1-13-4-2-3-5-17(13)20(25)22-15-8-6-14(7-9-15)21-23-18-11-10-16(24)12-19(18)26-21/h3-13H,1-2H3,(H,23,25);2-12,24H,1H3,(H,22,25). The number of hydrogen-bond donors (Lipinski definition) is 3. The smallest absolute Gasteiger partial charge is 0.255 e. The number of rotatable bonds is 6. The lowest BCUT2D eigenvalue weighted by molar-refractivity contribution is 0.101. The summed E-state index contributed by atoms with van der Waals surface area (Å²) >= 11 is 3.21. The van der Waals surface area contributed by atoms with Crippen molar-refractivity contribution in [1.82, 2.24) is 9.97 Å². The van der Waals surface area contributed by atoms with Gasteiger partial charge in [0.2, 0.25) is 0 Å². The number of nitrogens with one attached hydrogen (secondary N) is 2. The monoisotopic (exact) mass is 718 g/mol. The van der Waals surface area contributed by atoms with Crippen LogP contribution in [-0.2, 0) is 0 Å². The van der Waals surface area contributed by atoms with E-state index in [1.165, 1.54) is 21.6 Å². The first-order valence-electron chi connectivity index (χ1n) is 16.6. The highest BCUT2D eigenvalue weighted by Gasteiger charge is 2.12. The molecule has 0 spiro atoms. The summed E-state index contributed by atoms with van der Waals surface area (Å²) in [5.74, 6) is 0.0274. The summed E-state index contributed by atoms with van der Waals surface area (Å²) < 4.78 is 2.13. The number of anilines is 2. The van der Waals surface area contributed by atoms with Crippen LogP contribution in [0.25, 0.3) is 41.6 Å². The van der Waals surface area contributed by atoms with Gasteiger partial charge in [-0.25, -0.2) is 9.97 Å². The van der Waals surface area contributed by atoms with Crippen LogP contribution in [0.15, 0.2) is 133 Å². The third-order valence-electron chi connectivity index (χ3n) is 8.47. The molecule has 0 aliphatic heterocycles. The summed E-state index contributed by atoms with van der Waals surface area (Å²) in [6.45, 7) is 5.94. The van der Waals surface area contributed by atoms with Crippen molar-refractivity contribution in [3.8, 4) is 26.9 Å². The Kier molecular flexibility index (Phi) is 9.88. The van der Waals surface area contributed by atoms with Gasteiger partial charge in [-0.3, -0.25) is 9.59 Å². The molecule has 0 fully saturated rings. The van der Waals surface area contributed by atoms with E-state index in [-0.39, 0.29) is 17.6 Å². The molecule has 2 amide bonds. The van der Waals surface area contributed by atoms with Crippen LogP contribution >= 0.6 is 22.7 Å². The van der Waals surface area contributed by atoms with Crippen molar-refractivity contribution in [3.05, 3.63) is 161 Å². The Morgan fingerprint density at radius 2 is 0.981 bits per heavy atom. The topological polar surface area (TPSA) is 104 Å². The first-order valence-corrected chi connectivity index (χ1v) is 18.2. The number of phenolic OH excluding ortho intramolecular Hbond substituents is 1. The van der Waals surface area contributed by atoms with Crippen LogP contribution in [0.2, 0.25) is 0 Å². The van der Waals surface area contributed by atoms with E-state index in [0.717, 1.165) is 59.4 Å². The minimum Gasteiger partial charge on any atom is -0.508 e. The van der Waals surface area contributed by atoms with E-state index in [4.69, 9.17) is 4.98 Å². The normalized spacial score (nSPS) is 10.8. The molecule has 0 atom stereocenters. The molecule has 0 saturated carbocycles. The second kappa shape index (κ2) is 15.0. The fraction of sp³-hybridized carbons (Fsp3) is 0.0698. The highest BCUT2D eigenvalue weighted by Crippen LogP contribution is 2.33. The van der Waals surface area contributed by atoms with Crippen molar-refractivity contribution < 1.29 is 14.7 Å². The molecule has 2 aromatic heterocycles. The van der Waals surface area contributed by atoms with E-state index in [9.17, 15) is 14.7 Å². The molecule has 8 aromatic rings. The number of hydrogen-bond acceptors (Lipinski definition) is 7. The predicted molar refractivity (Wildman–Crippen MR) is 215 cm³/mol. The molecule has 9 heteroatoms. The van der Waals surface area contributed by atoms with Gasteiger partial charge in [-0.05, 0) is 128 Å². The molecule has 2 heterocycles. The third kappa shape index (κ3) is 7.76. The van der Waals surface area contributed by atoms with Crippen LogP contribution in [0.3, 0.4) is 0 Å². The van der Waals surface area contributed by atoms with Crippen molar-refractivity contribution in [2.24, 2.45) is 0 Å². The van der Waals surface area contributed by atoms with Crippen molar-refractivity contribution in [2.45, 2.75) is 20.8 Å². The number of benzene rings is 6. The zero-order chi connectivity index (χ0) is 36.2. The molecule has 0 aliphatic carbocycles. The summed E-state index contributed by atoms with van der Waals surface area (Å²) in [5.41, 5.74) is 9.93. The second-order valence-electron chi connectivity index (χ2n) is 12.4. The molecule has 3 N–H and O–H groups in total. The lowest BCUT2D eigenvalue weighted by Crippen LogP contribution is -2.13. The maximum atomic E-state index is 12.4. The Balaban J connectivity index is 0.000000162. The largest absolute Gasteiger partial charge is 0.508 e. The number of aromatic nitrogens is 2. The molecule has 0 radical (unpaired) electrons. The van der Waals surface area contributed by atoms with Gasteiger partial charge in [0.15, 0.2) is 0 Å². The van der Waals surface area contributed by atoms with Gasteiger partial charge in [-0.15, -0.1) is 22.7 Å². The van der Waals surface area contributed by atoms with E-state index < -0.39 is 0 Å². The van der Waals surface area contributed by atoms with Crippen molar-refractivity contribution >= 4 is 66.3 Å². The molecule has 8 rings (SSSR count). The zero-order valence-corrected chi connectivity index (χ0v) is 30.3. The molecule has 0 aliphatic rings. The van der Waals surface area contributed by atoms with Crippen LogP contribution < -0.4 is 10.6 Å². The maximum absolute atomic E-state index is 12.4. The number of thiazole rings is 2. The predicted octanol–water partition coefficient (Wildman–Crippen LogP) is 11.1. The molecular weight excluding hydrogens is 685 g/mol. The van der Waals surface area contributed by atoms with E-state index in [2.05, 4.69) is 40.7 Å². The van der Waals surface area contributed by atoms with Crippen LogP contribution in [0, 0.1) is 20.8 Å². The highest BCUT2D eigenvalue weighted by atomic mass is 32.1. The Hall–Kier alpha value is -6.16. The molecule has 0 bridgehead atoms. The van der Waals surface area contributed by atoms with Crippen LogP contribution in [0.4, 0.5) is 11.4 Å². The number of amides is 2. The van der Waals surface area contributed by atoms with E-state index in [1.807, 2.05) is 111 Å². The Labute approximate surface area is 309 Å². The first kappa shape index (κ1) is 34.3. The van der Waals surface area contributed by atoms with Gasteiger partial charge in [-0.2, -0.15) is 0 Å². The van der Waals surface area contributed by atoms with Gasteiger partial charge in [-0.1, -0.05) is 42.5 Å². The van der Waals surface area contributed by atoms with Crippen molar-refractivity contribution in [2.75, 3.05) is 10.6 Å². The SMILES string of the molecule is Cc1ccc2nc(-c3ccc(NC(=O)c4ccccc4C)cc3)sc2c1.Cc1ccccc1C(=O)Nc1ccc(-c2nc3ccc(O)cc3s2)cc1. The lowest BCUT2D eigenvalue weighted by atomic mass is 10.1. The summed E-state index contributed by atoms with van der Waals surface area (Å²) in [5, 5.41) is 17.3. The van der Waals surface area contributed by atoms with E-state index in [1.54, 1.807) is 29.5 Å². The number of nitrogens with zero attached hydrogens (tertiary/aromatic N) is 2. The quantitative estimate of drug-likeness (QED) is 0.159. The van der Waals surface area contributed by atoms with Crippen LogP contribution in [-0.4, -0.2) is 26.9 Å². The van der Waals surface area contributed by atoms with Gasteiger partial charge in [0, 0.05) is 33.6 Å². The molecule has 0 unspecified atom stereocenters. The van der Waals surface area contributed by atoms with Crippen LogP contribution in [0.1, 0.15) is 37.4 Å². The average molecular weight is 719 g/mol. The van der Waals surface area contributed by atoms with Gasteiger partial charge in [0.1, 0.15) is 15.8 Å². The number of phenols is 1. The van der Waals surface area contributed by atoms with E-state index in [0.29, 0.717) is 11.1 Å². The van der Waals surface area contributed by atoms with Crippen molar-refractivity contribution in [1.29, 1.82) is 0 Å². The van der Waals surface area contributed by atoms with Gasteiger partial charge in [0.25, 0.3) is 11.8 Å². The summed E-state index contributed by atoms with van der Waals surface area (Å²) in [6, 6.07) is 42.0. The van der Waals surface area contributed by atoms with Crippen LogP contribution in [0.5, 0.6) is 5.75 Å².